The molecule has 0 radical (unpaired) electrons. The molecule has 1 aromatic heterocycles. The number of halogens is 1. The Kier molecular flexibility index (Phi) is 7.54. The molecule has 2 heterocycles. The maximum absolute atomic E-state index is 10.8. The molecule has 160 valence electrons. The zero-order valence-electron chi connectivity index (χ0n) is 17.3. The first-order valence-electron chi connectivity index (χ1n) is 9.96. The Labute approximate surface area is 180 Å². The lowest BCUT2D eigenvalue weighted by Crippen LogP contribution is -2.28. The number of aldehydes is 1. The number of fused-ring (bicyclic) bond motifs is 1. The smallest absolute Gasteiger partial charge is 0.408 e. The number of benzene rings is 2. The summed E-state index contributed by atoms with van der Waals surface area (Å²) >= 11 is 6.05. The van der Waals surface area contributed by atoms with Crippen molar-refractivity contribution in [2.24, 2.45) is 0 Å². The largest absolute Gasteiger partial charge is 0.417 e. The second-order valence-electron chi connectivity index (χ2n) is 7.35. The maximum Gasteiger partial charge on any atom is 0.417 e. The molecule has 4 rings (SSSR count). The summed E-state index contributed by atoms with van der Waals surface area (Å²) in [5.74, 6) is -0.479. The third-order valence-corrected chi connectivity index (χ3v) is 5.46. The van der Waals surface area contributed by atoms with Gasteiger partial charge in [-0.2, -0.15) is 0 Å². The van der Waals surface area contributed by atoms with Crippen molar-refractivity contribution >= 4 is 40.4 Å². The highest BCUT2D eigenvalue weighted by Crippen LogP contribution is 2.23. The van der Waals surface area contributed by atoms with Crippen LogP contribution in [0.5, 0.6) is 0 Å². The first kappa shape index (κ1) is 21.9. The van der Waals surface area contributed by atoms with E-state index < -0.39 is 5.76 Å². The lowest BCUT2D eigenvalue weighted by Gasteiger charge is -2.23. The van der Waals surface area contributed by atoms with Gasteiger partial charge in [-0.05, 0) is 62.8 Å². The van der Waals surface area contributed by atoms with Crippen LogP contribution < -0.4 is 16.0 Å². The van der Waals surface area contributed by atoms with E-state index >= 15 is 0 Å². The molecule has 7 nitrogen and oxygen atoms in total. The topological polar surface area (TPSA) is 81.6 Å². The number of hydrogen-bond acceptors (Lipinski definition) is 6. The number of likely N-dealkylation sites (N-methyl/N-ethyl adjacent to an activating group) is 1. The summed E-state index contributed by atoms with van der Waals surface area (Å²) in [5.41, 5.74) is 4.33. The van der Waals surface area contributed by atoms with E-state index in [1.54, 1.807) is 18.2 Å². The van der Waals surface area contributed by atoms with Crippen molar-refractivity contribution in [3.05, 3.63) is 57.5 Å². The summed E-state index contributed by atoms with van der Waals surface area (Å²) in [7, 11) is 2.19. The Morgan fingerprint density at radius 3 is 2.77 bits per heavy atom. The van der Waals surface area contributed by atoms with Crippen LogP contribution in [0.25, 0.3) is 11.1 Å². The van der Waals surface area contributed by atoms with Gasteiger partial charge in [0.2, 0.25) is 0 Å². The van der Waals surface area contributed by atoms with E-state index in [-0.39, 0.29) is 6.54 Å². The third-order valence-electron chi connectivity index (χ3n) is 5.04. The minimum Gasteiger partial charge on any atom is -0.408 e. The van der Waals surface area contributed by atoms with E-state index in [4.69, 9.17) is 16.0 Å². The van der Waals surface area contributed by atoms with Crippen molar-refractivity contribution in [2.75, 3.05) is 50.0 Å². The van der Waals surface area contributed by atoms with Crippen molar-refractivity contribution in [1.82, 2.24) is 9.88 Å². The molecule has 1 aliphatic heterocycles. The SMILES string of the molecule is Cc1cc(N2CCCN(C)CC2)ccc1Cl.O=CCNc1ccc2[nH]c(=O)oc2c1. The van der Waals surface area contributed by atoms with Gasteiger partial charge in [0.1, 0.15) is 6.29 Å². The van der Waals surface area contributed by atoms with E-state index in [0.29, 0.717) is 11.1 Å². The van der Waals surface area contributed by atoms with Crippen molar-refractivity contribution in [2.45, 2.75) is 13.3 Å². The Morgan fingerprint density at radius 2 is 2.00 bits per heavy atom. The maximum atomic E-state index is 10.8. The van der Waals surface area contributed by atoms with Crippen LogP contribution in [-0.2, 0) is 4.79 Å². The molecule has 30 heavy (non-hydrogen) atoms. The van der Waals surface area contributed by atoms with E-state index in [2.05, 4.69) is 46.2 Å². The zero-order valence-corrected chi connectivity index (χ0v) is 18.0. The molecule has 0 saturated carbocycles. The summed E-state index contributed by atoms with van der Waals surface area (Å²) < 4.78 is 4.85. The summed E-state index contributed by atoms with van der Waals surface area (Å²) in [4.78, 5) is 28.3. The van der Waals surface area contributed by atoms with Crippen molar-refractivity contribution in [3.8, 4) is 0 Å². The van der Waals surface area contributed by atoms with E-state index in [0.717, 1.165) is 42.2 Å². The Hall–Kier alpha value is -2.77. The number of hydrogen-bond donors (Lipinski definition) is 2. The minimum atomic E-state index is -0.479. The van der Waals surface area contributed by atoms with Gasteiger partial charge in [-0.1, -0.05) is 11.6 Å². The van der Waals surface area contributed by atoms with Gasteiger partial charge in [0.15, 0.2) is 5.58 Å². The van der Waals surface area contributed by atoms with Crippen LogP contribution >= 0.6 is 11.6 Å². The van der Waals surface area contributed by atoms with Gasteiger partial charge < -0.3 is 24.3 Å². The van der Waals surface area contributed by atoms with Gasteiger partial charge in [-0.3, -0.25) is 4.98 Å². The van der Waals surface area contributed by atoms with Gasteiger partial charge in [-0.25, -0.2) is 4.79 Å². The number of aromatic nitrogens is 1. The van der Waals surface area contributed by atoms with Gasteiger partial charge in [0, 0.05) is 42.1 Å². The predicted molar refractivity (Wildman–Crippen MR) is 122 cm³/mol. The number of carbonyl (C=O) groups excluding carboxylic acids is 1. The van der Waals surface area contributed by atoms with Gasteiger partial charge in [-0.15, -0.1) is 0 Å². The number of aromatic amines is 1. The number of nitrogens with zero attached hydrogens (tertiary/aromatic N) is 2. The molecular weight excluding hydrogens is 404 g/mol. The quantitative estimate of drug-likeness (QED) is 0.616. The number of H-pyrrole nitrogens is 1. The highest BCUT2D eigenvalue weighted by Gasteiger charge is 2.12. The first-order chi connectivity index (χ1) is 14.5. The monoisotopic (exact) mass is 430 g/mol. The zero-order chi connectivity index (χ0) is 21.5. The normalized spacial score (nSPS) is 14.7. The molecule has 0 unspecified atom stereocenters. The van der Waals surface area contributed by atoms with Crippen LogP contribution in [0.15, 0.2) is 45.6 Å². The van der Waals surface area contributed by atoms with Crippen molar-refractivity contribution in [1.29, 1.82) is 0 Å². The molecule has 1 saturated heterocycles. The van der Waals surface area contributed by atoms with Crippen LogP contribution in [0.2, 0.25) is 5.02 Å². The number of aryl methyl sites for hydroxylation is 1. The molecular formula is C22H27ClN4O3. The van der Waals surface area contributed by atoms with Crippen LogP contribution in [-0.4, -0.2) is 55.9 Å². The number of rotatable bonds is 4. The van der Waals surface area contributed by atoms with Crippen molar-refractivity contribution < 1.29 is 9.21 Å². The Balaban J connectivity index is 0.000000172. The van der Waals surface area contributed by atoms with E-state index in [1.165, 1.54) is 18.7 Å². The van der Waals surface area contributed by atoms with Crippen molar-refractivity contribution in [3.63, 3.8) is 0 Å². The third kappa shape index (κ3) is 5.87. The molecule has 8 heteroatoms. The van der Waals surface area contributed by atoms with Gasteiger partial charge in [0.05, 0.1) is 12.1 Å². The number of anilines is 2. The van der Waals surface area contributed by atoms with Gasteiger partial charge >= 0.3 is 5.76 Å². The standard InChI is InChI=1S/C13H19ClN2.C9H8N2O3/c1-11-10-12(4-5-13(11)14)16-7-3-6-15(2)8-9-16;12-4-3-10-6-1-2-7-8(5-6)14-9(13)11-7/h4-5,10H,3,6-9H2,1-2H3;1-2,4-5,10H,3H2,(H,11,13). The molecule has 0 amide bonds. The number of carbonyl (C=O) groups is 1. The molecule has 2 aromatic carbocycles. The second kappa shape index (κ2) is 10.3. The summed E-state index contributed by atoms with van der Waals surface area (Å²) in [5, 5.41) is 3.71. The summed E-state index contributed by atoms with van der Waals surface area (Å²) in [6.07, 6.45) is 2.00. The fraction of sp³-hybridized carbons (Fsp3) is 0.364. The van der Waals surface area contributed by atoms with Crippen LogP contribution in [0.4, 0.5) is 11.4 Å². The highest BCUT2D eigenvalue weighted by molar-refractivity contribution is 6.31. The van der Waals surface area contributed by atoms with E-state index in [9.17, 15) is 9.59 Å². The Morgan fingerprint density at radius 1 is 1.17 bits per heavy atom. The number of nitrogens with one attached hydrogen (secondary N) is 2. The predicted octanol–water partition coefficient (Wildman–Crippen LogP) is 3.52. The Bertz CT molecular complexity index is 1050. The average molecular weight is 431 g/mol. The second-order valence-corrected chi connectivity index (χ2v) is 7.76. The lowest BCUT2D eigenvalue weighted by atomic mass is 10.2. The van der Waals surface area contributed by atoms with Crippen LogP contribution in [0.1, 0.15) is 12.0 Å². The number of oxazole rings is 1. The van der Waals surface area contributed by atoms with Crippen LogP contribution in [0, 0.1) is 6.92 Å². The fourth-order valence-electron chi connectivity index (χ4n) is 3.35. The molecule has 1 aliphatic rings. The minimum absolute atomic E-state index is 0.236. The van der Waals surface area contributed by atoms with Gasteiger partial charge in [0.25, 0.3) is 0 Å². The fourth-order valence-corrected chi connectivity index (χ4v) is 3.46. The molecule has 0 spiro atoms. The molecule has 0 bridgehead atoms. The van der Waals surface area contributed by atoms with E-state index in [1.807, 2.05) is 6.07 Å². The first-order valence-corrected chi connectivity index (χ1v) is 10.3. The molecule has 2 N–H and O–H groups in total. The summed E-state index contributed by atoms with van der Waals surface area (Å²) in [6, 6.07) is 11.5. The molecule has 0 atom stereocenters. The average Bonchev–Trinajstić information content (AvgIpc) is 2.96. The lowest BCUT2D eigenvalue weighted by molar-refractivity contribution is -0.106. The molecule has 0 aliphatic carbocycles. The molecule has 3 aromatic rings. The van der Waals surface area contributed by atoms with Crippen LogP contribution in [0.3, 0.4) is 0 Å². The summed E-state index contributed by atoms with van der Waals surface area (Å²) in [6.45, 7) is 6.89. The molecule has 1 fully saturated rings. The highest BCUT2D eigenvalue weighted by atomic mass is 35.5.